The first-order valence-electron chi connectivity index (χ1n) is 5.27. The molecule has 0 saturated carbocycles. The molecule has 0 radical (unpaired) electrons. The van der Waals surface area contributed by atoms with Crippen LogP contribution in [0.1, 0.15) is 34.6 Å². The first-order chi connectivity index (χ1) is 7.88. The van der Waals surface area contributed by atoms with Crippen LogP contribution < -0.4 is 5.73 Å². The number of hydrogen-bond donors (Lipinski definition) is 1. The van der Waals surface area contributed by atoms with Crippen molar-refractivity contribution in [2.45, 2.75) is 19.4 Å². The zero-order valence-corrected chi connectivity index (χ0v) is 11.2. The Morgan fingerprint density at radius 2 is 1.82 bits per heavy atom. The maximum absolute atomic E-state index is 12.2. The highest BCUT2D eigenvalue weighted by Crippen LogP contribution is 2.30. The zero-order chi connectivity index (χ0) is 12.8. The lowest BCUT2D eigenvalue weighted by molar-refractivity contribution is 0.0493. The Balaban J connectivity index is 2.53. The van der Waals surface area contributed by atoms with Gasteiger partial charge in [0.05, 0.1) is 16.7 Å². The van der Waals surface area contributed by atoms with Crippen molar-refractivity contribution in [3.05, 3.63) is 33.8 Å². The normalized spacial score (nSPS) is 15.4. The van der Waals surface area contributed by atoms with Crippen molar-refractivity contribution >= 4 is 27.7 Å². The molecule has 0 atom stereocenters. The smallest absolute Gasteiger partial charge is 0.262 e. The largest absolute Gasteiger partial charge is 0.328 e. The molecule has 0 aliphatic carbocycles. The number of carbonyl (C=O) groups is 2. The van der Waals surface area contributed by atoms with Crippen LogP contribution >= 0.6 is 15.9 Å². The van der Waals surface area contributed by atoms with Crippen molar-refractivity contribution in [1.29, 1.82) is 0 Å². The van der Waals surface area contributed by atoms with Gasteiger partial charge in [0.1, 0.15) is 0 Å². The van der Waals surface area contributed by atoms with Gasteiger partial charge in [-0.05, 0) is 32.0 Å². The van der Waals surface area contributed by atoms with E-state index in [0.29, 0.717) is 11.1 Å². The summed E-state index contributed by atoms with van der Waals surface area (Å²) < 4.78 is 0.782. The standard InChI is InChI=1S/C12H13BrN2O2/c1-12(2,6-14)15-10(16)8-4-3-7(13)5-9(8)11(15)17/h3-5H,6,14H2,1-2H3. The summed E-state index contributed by atoms with van der Waals surface area (Å²) in [5.41, 5.74) is 5.83. The van der Waals surface area contributed by atoms with E-state index in [-0.39, 0.29) is 18.4 Å². The fourth-order valence-electron chi connectivity index (χ4n) is 1.85. The molecule has 0 spiro atoms. The van der Waals surface area contributed by atoms with Gasteiger partial charge in [0, 0.05) is 11.0 Å². The molecule has 1 aliphatic heterocycles. The van der Waals surface area contributed by atoms with Crippen LogP contribution in [0.15, 0.2) is 22.7 Å². The summed E-state index contributed by atoms with van der Waals surface area (Å²) in [6.07, 6.45) is 0. The molecular weight excluding hydrogens is 284 g/mol. The average molecular weight is 297 g/mol. The van der Waals surface area contributed by atoms with E-state index in [2.05, 4.69) is 15.9 Å². The molecule has 0 fully saturated rings. The fourth-order valence-corrected chi connectivity index (χ4v) is 2.22. The molecule has 17 heavy (non-hydrogen) atoms. The third kappa shape index (κ3) is 1.79. The highest BCUT2D eigenvalue weighted by Gasteiger charge is 2.43. The van der Waals surface area contributed by atoms with E-state index in [1.165, 1.54) is 4.90 Å². The van der Waals surface area contributed by atoms with Crippen LogP contribution in [0, 0.1) is 0 Å². The maximum Gasteiger partial charge on any atom is 0.262 e. The minimum Gasteiger partial charge on any atom is -0.328 e. The highest BCUT2D eigenvalue weighted by atomic mass is 79.9. The number of halogens is 1. The molecule has 0 bridgehead atoms. The molecule has 0 unspecified atom stereocenters. The lowest BCUT2D eigenvalue weighted by Gasteiger charge is -2.32. The molecule has 2 N–H and O–H groups in total. The number of rotatable bonds is 2. The van der Waals surface area contributed by atoms with Gasteiger partial charge in [-0.25, -0.2) is 0 Å². The fraction of sp³-hybridized carbons (Fsp3) is 0.333. The van der Waals surface area contributed by atoms with Crippen LogP contribution in [0.25, 0.3) is 0 Å². The van der Waals surface area contributed by atoms with E-state index in [1.807, 2.05) is 0 Å². The number of carbonyl (C=O) groups excluding carboxylic acids is 2. The Morgan fingerprint density at radius 3 is 2.41 bits per heavy atom. The molecule has 0 aromatic heterocycles. The zero-order valence-electron chi connectivity index (χ0n) is 9.66. The van der Waals surface area contributed by atoms with Gasteiger partial charge in [0.15, 0.2) is 0 Å². The number of fused-ring (bicyclic) bond motifs is 1. The SMILES string of the molecule is CC(C)(CN)N1C(=O)c2ccc(Br)cc2C1=O. The number of imide groups is 1. The summed E-state index contributed by atoms with van der Waals surface area (Å²) in [6.45, 7) is 3.80. The molecule has 1 aromatic rings. The Bertz CT molecular complexity index is 511. The van der Waals surface area contributed by atoms with Crippen molar-refractivity contribution in [2.75, 3.05) is 6.54 Å². The summed E-state index contributed by atoms with van der Waals surface area (Å²) in [5.74, 6) is -0.547. The minimum absolute atomic E-state index is 0.236. The summed E-state index contributed by atoms with van der Waals surface area (Å²) in [4.78, 5) is 25.6. The molecule has 4 nitrogen and oxygen atoms in total. The summed E-state index contributed by atoms with van der Waals surface area (Å²) in [7, 11) is 0. The third-order valence-corrected chi connectivity index (χ3v) is 3.45. The van der Waals surface area contributed by atoms with Crippen molar-refractivity contribution in [3.63, 3.8) is 0 Å². The lowest BCUT2D eigenvalue weighted by Crippen LogP contribution is -2.52. The monoisotopic (exact) mass is 296 g/mol. The van der Waals surface area contributed by atoms with E-state index in [9.17, 15) is 9.59 Å². The molecular formula is C12H13BrN2O2. The van der Waals surface area contributed by atoms with Crippen molar-refractivity contribution in [2.24, 2.45) is 5.73 Å². The Kier molecular flexibility index (Phi) is 2.83. The molecule has 2 amide bonds. The molecule has 2 rings (SSSR count). The summed E-state index contributed by atoms with van der Waals surface area (Å²) >= 11 is 3.29. The Labute approximate surface area is 108 Å². The van der Waals surface area contributed by atoms with Crippen LogP contribution in [-0.2, 0) is 0 Å². The molecule has 1 aliphatic rings. The first-order valence-corrected chi connectivity index (χ1v) is 6.06. The first kappa shape index (κ1) is 12.3. The number of benzene rings is 1. The second-order valence-corrected chi connectivity index (χ2v) is 5.57. The quantitative estimate of drug-likeness (QED) is 0.846. The number of hydrogen-bond acceptors (Lipinski definition) is 3. The van der Waals surface area contributed by atoms with E-state index in [4.69, 9.17) is 5.73 Å². The predicted molar refractivity (Wildman–Crippen MR) is 67.8 cm³/mol. The van der Waals surface area contributed by atoms with Crippen LogP contribution in [0.4, 0.5) is 0 Å². The van der Waals surface area contributed by atoms with Crippen molar-refractivity contribution in [3.8, 4) is 0 Å². The number of nitrogens with zero attached hydrogens (tertiary/aromatic N) is 1. The van der Waals surface area contributed by atoms with Gasteiger partial charge in [-0.2, -0.15) is 0 Å². The van der Waals surface area contributed by atoms with Crippen LogP contribution in [0.5, 0.6) is 0 Å². The van der Waals surface area contributed by atoms with Gasteiger partial charge >= 0.3 is 0 Å². The summed E-state index contributed by atoms with van der Waals surface area (Å²) in [6, 6.07) is 5.08. The summed E-state index contributed by atoms with van der Waals surface area (Å²) in [5, 5.41) is 0. The van der Waals surface area contributed by atoms with E-state index in [0.717, 1.165) is 4.47 Å². The maximum atomic E-state index is 12.2. The Morgan fingerprint density at radius 1 is 1.24 bits per heavy atom. The van der Waals surface area contributed by atoms with Gasteiger partial charge in [-0.1, -0.05) is 15.9 Å². The van der Waals surface area contributed by atoms with Crippen LogP contribution in [0.2, 0.25) is 0 Å². The van der Waals surface area contributed by atoms with E-state index >= 15 is 0 Å². The minimum atomic E-state index is -0.667. The predicted octanol–water partition coefficient (Wildman–Crippen LogP) is 1.78. The van der Waals surface area contributed by atoms with Crippen molar-refractivity contribution in [1.82, 2.24) is 4.90 Å². The van der Waals surface area contributed by atoms with Crippen LogP contribution in [-0.4, -0.2) is 28.8 Å². The van der Waals surface area contributed by atoms with Gasteiger partial charge < -0.3 is 5.73 Å². The molecule has 0 saturated heterocycles. The van der Waals surface area contributed by atoms with E-state index < -0.39 is 5.54 Å². The molecule has 1 aromatic carbocycles. The molecule has 1 heterocycles. The second kappa shape index (κ2) is 3.92. The topological polar surface area (TPSA) is 63.4 Å². The van der Waals surface area contributed by atoms with Gasteiger partial charge in [0.2, 0.25) is 0 Å². The Hall–Kier alpha value is -1.20. The molecule has 5 heteroatoms. The lowest BCUT2D eigenvalue weighted by atomic mass is 10.0. The van der Waals surface area contributed by atoms with Crippen molar-refractivity contribution < 1.29 is 9.59 Å². The van der Waals surface area contributed by atoms with Gasteiger partial charge in [0.25, 0.3) is 11.8 Å². The average Bonchev–Trinajstić information content (AvgIpc) is 2.52. The highest BCUT2D eigenvalue weighted by molar-refractivity contribution is 9.10. The number of amides is 2. The number of nitrogens with two attached hydrogens (primary N) is 1. The third-order valence-electron chi connectivity index (χ3n) is 2.95. The van der Waals surface area contributed by atoms with E-state index in [1.54, 1.807) is 32.0 Å². The second-order valence-electron chi connectivity index (χ2n) is 4.65. The van der Waals surface area contributed by atoms with Crippen LogP contribution in [0.3, 0.4) is 0 Å². The van der Waals surface area contributed by atoms with Gasteiger partial charge in [-0.15, -0.1) is 0 Å². The van der Waals surface area contributed by atoms with Gasteiger partial charge in [-0.3, -0.25) is 14.5 Å². The molecule has 90 valence electrons.